The molecule has 1 aliphatic heterocycles. The lowest BCUT2D eigenvalue weighted by Gasteiger charge is -2.23. The SMILES string of the molecule is N#Cc1ccc([C@H]2C[C@](O)(c3ccc(-c4cncnc4)cc3)c3cncn32)c(F)c1. The van der Waals surface area contributed by atoms with Gasteiger partial charge in [0.15, 0.2) is 0 Å². The Morgan fingerprint density at radius 1 is 1.03 bits per heavy atom. The van der Waals surface area contributed by atoms with E-state index in [1.54, 1.807) is 41.6 Å². The first-order valence-electron chi connectivity index (χ1n) is 9.40. The number of halogens is 1. The van der Waals surface area contributed by atoms with Gasteiger partial charge in [-0.15, -0.1) is 0 Å². The lowest BCUT2D eigenvalue weighted by Crippen LogP contribution is -2.24. The second-order valence-corrected chi connectivity index (χ2v) is 7.32. The number of hydrogen-bond acceptors (Lipinski definition) is 5. The van der Waals surface area contributed by atoms with Crippen molar-refractivity contribution >= 4 is 0 Å². The third kappa shape index (κ3) is 2.78. The minimum atomic E-state index is -1.31. The van der Waals surface area contributed by atoms with Crippen LogP contribution in [0.2, 0.25) is 0 Å². The van der Waals surface area contributed by atoms with Crippen molar-refractivity contribution in [3.63, 3.8) is 0 Å². The number of imidazole rings is 1. The van der Waals surface area contributed by atoms with Gasteiger partial charge >= 0.3 is 0 Å². The maximum absolute atomic E-state index is 14.7. The van der Waals surface area contributed by atoms with Crippen molar-refractivity contribution in [2.75, 3.05) is 0 Å². The van der Waals surface area contributed by atoms with Gasteiger partial charge in [0.05, 0.1) is 35.9 Å². The van der Waals surface area contributed by atoms with Crippen molar-refractivity contribution in [3.8, 4) is 17.2 Å². The highest BCUT2D eigenvalue weighted by atomic mass is 19.1. The highest BCUT2D eigenvalue weighted by Crippen LogP contribution is 2.47. The molecule has 1 aliphatic rings. The number of benzene rings is 2. The largest absolute Gasteiger partial charge is 0.379 e. The number of fused-ring (bicyclic) bond motifs is 1. The van der Waals surface area contributed by atoms with Gasteiger partial charge in [0.1, 0.15) is 17.7 Å². The number of nitriles is 1. The van der Waals surface area contributed by atoms with Crippen LogP contribution in [-0.4, -0.2) is 24.6 Å². The van der Waals surface area contributed by atoms with Gasteiger partial charge in [-0.1, -0.05) is 30.3 Å². The van der Waals surface area contributed by atoms with Gasteiger partial charge in [0.25, 0.3) is 0 Å². The van der Waals surface area contributed by atoms with Gasteiger partial charge in [-0.2, -0.15) is 5.26 Å². The van der Waals surface area contributed by atoms with Crippen molar-refractivity contribution < 1.29 is 9.50 Å². The van der Waals surface area contributed by atoms with Crippen molar-refractivity contribution in [3.05, 3.63) is 102 Å². The second kappa shape index (κ2) is 6.87. The van der Waals surface area contributed by atoms with E-state index in [9.17, 15) is 9.50 Å². The molecule has 0 fully saturated rings. The molecule has 0 saturated heterocycles. The Labute approximate surface area is 171 Å². The number of hydrogen-bond donors (Lipinski definition) is 1. The molecule has 146 valence electrons. The van der Waals surface area contributed by atoms with E-state index in [4.69, 9.17) is 5.26 Å². The molecule has 3 heterocycles. The fourth-order valence-electron chi connectivity index (χ4n) is 4.14. The first kappa shape index (κ1) is 18.2. The molecular weight excluding hydrogens is 381 g/mol. The maximum Gasteiger partial charge on any atom is 0.133 e. The Bertz CT molecular complexity index is 1260. The van der Waals surface area contributed by atoms with Gasteiger partial charge in [0, 0.05) is 29.9 Å². The van der Waals surface area contributed by atoms with Crippen LogP contribution >= 0.6 is 0 Å². The van der Waals surface area contributed by atoms with Crippen LogP contribution in [0.25, 0.3) is 11.1 Å². The van der Waals surface area contributed by atoms with E-state index in [1.165, 1.54) is 12.4 Å². The first-order chi connectivity index (χ1) is 14.6. The molecule has 1 N–H and O–H groups in total. The van der Waals surface area contributed by atoms with Crippen LogP contribution in [0.15, 0.2) is 73.7 Å². The fraction of sp³-hybridized carbons (Fsp3) is 0.130. The summed E-state index contributed by atoms with van der Waals surface area (Å²) in [6, 6.07) is 13.5. The molecule has 2 aromatic heterocycles. The third-order valence-electron chi connectivity index (χ3n) is 5.66. The van der Waals surface area contributed by atoms with Crippen LogP contribution < -0.4 is 0 Å². The van der Waals surface area contributed by atoms with E-state index < -0.39 is 17.5 Å². The molecule has 0 radical (unpaired) electrons. The van der Waals surface area contributed by atoms with Gasteiger partial charge in [0.2, 0.25) is 0 Å². The first-order valence-corrected chi connectivity index (χ1v) is 9.40. The highest BCUT2D eigenvalue weighted by Gasteiger charge is 2.45. The van der Waals surface area contributed by atoms with Crippen LogP contribution in [0.3, 0.4) is 0 Å². The molecule has 7 heteroatoms. The number of aromatic nitrogens is 4. The summed E-state index contributed by atoms with van der Waals surface area (Å²) in [6.45, 7) is 0. The van der Waals surface area contributed by atoms with E-state index in [1.807, 2.05) is 30.3 Å². The molecule has 4 aromatic rings. The maximum atomic E-state index is 14.7. The van der Waals surface area contributed by atoms with Crippen molar-refractivity contribution in [2.45, 2.75) is 18.1 Å². The minimum absolute atomic E-state index is 0.260. The molecule has 30 heavy (non-hydrogen) atoms. The van der Waals surface area contributed by atoms with Gasteiger partial charge < -0.3 is 9.67 Å². The molecule has 0 spiro atoms. The summed E-state index contributed by atoms with van der Waals surface area (Å²) in [6.07, 6.45) is 8.41. The van der Waals surface area contributed by atoms with Gasteiger partial charge in [-0.3, -0.25) is 0 Å². The van der Waals surface area contributed by atoms with Crippen molar-refractivity contribution in [1.29, 1.82) is 5.26 Å². The standard InChI is InChI=1S/C23H16FN5O/c24-20-7-15(9-25)1-6-19(20)21-8-23(30,22-12-28-14-29(21)22)18-4-2-16(3-5-18)17-10-26-13-27-11-17/h1-7,10-14,21,30H,8H2/t21-,23+/m1/s1. The molecular formula is C23H16FN5O. The van der Waals surface area contributed by atoms with E-state index in [2.05, 4.69) is 15.0 Å². The molecule has 0 amide bonds. The number of nitrogens with zero attached hydrogens (tertiary/aromatic N) is 5. The summed E-state index contributed by atoms with van der Waals surface area (Å²) in [5.74, 6) is -0.470. The second-order valence-electron chi connectivity index (χ2n) is 7.32. The zero-order valence-corrected chi connectivity index (χ0v) is 15.8. The predicted molar refractivity (Wildman–Crippen MR) is 107 cm³/mol. The molecule has 2 atom stereocenters. The topological polar surface area (TPSA) is 87.6 Å². The normalized spacial score (nSPS) is 20.0. The molecule has 6 nitrogen and oxygen atoms in total. The highest BCUT2D eigenvalue weighted by molar-refractivity contribution is 5.62. The Kier molecular flexibility index (Phi) is 4.16. The number of aliphatic hydroxyl groups is 1. The third-order valence-corrected chi connectivity index (χ3v) is 5.66. The molecule has 0 saturated carbocycles. The summed E-state index contributed by atoms with van der Waals surface area (Å²) in [5, 5.41) is 20.6. The summed E-state index contributed by atoms with van der Waals surface area (Å²) >= 11 is 0. The van der Waals surface area contributed by atoms with E-state index in [0.29, 0.717) is 16.8 Å². The summed E-state index contributed by atoms with van der Waals surface area (Å²) in [4.78, 5) is 12.2. The Morgan fingerprint density at radius 2 is 1.80 bits per heavy atom. The fourth-order valence-corrected chi connectivity index (χ4v) is 4.14. The smallest absolute Gasteiger partial charge is 0.133 e. The quantitative estimate of drug-likeness (QED) is 0.571. The van der Waals surface area contributed by atoms with E-state index in [0.717, 1.165) is 11.1 Å². The average molecular weight is 397 g/mol. The molecule has 5 rings (SSSR count). The molecule has 0 unspecified atom stereocenters. The van der Waals surface area contributed by atoms with Crippen molar-refractivity contribution in [1.82, 2.24) is 19.5 Å². The lowest BCUT2D eigenvalue weighted by atomic mass is 9.86. The number of rotatable bonds is 3. The Morgan fingerprint density at radius 3 is 2.50 bits per heavy atom. The predicted octanol–water partition coefficient (Wildman–Crippen LogP) is 3.58. The summed E-state index contributed by atoms with van der Waals surface area (Å²) < 4.78 is 16.5. The van der Waals surface area contributed by atoms with Gasteiger partial charge in [-0.05, 0) is 23.3 Å². The van der Waals surface area contributed by atoms with Crippen LogP contribution in [0.4, 0.5) is 4.39 Å². The Balaban J connectivity index is 1.53. The van der Waals surface area contributed by atoms with Crippen molar-refractivity contribution in [2.24, 2.45) is 0 Å². The van der Waals surface area contributed by atoms with Crippen LogP contribution in [0.1, 0.15) is 34.8 Å². The van der Waals surface area contributed by atoms with E-state index in [-0.39, 0.29) is 12.0 Å². The van der Waals surface area contributed by atoms with Crippen LogP contribution in [0.5, 0.6) is 0 Å². The molecule has 2 aromatic carbocycles. The molecule has 0 bridgehead atoms. The molecule has 0 aliphatic carbocycles. The zero-order chi connectivity index (χ0) is 20.7. The minimum Gasteiger partial charge on any atom is -0.379 e. The van der Waals surface area contributed by atoms with Crippen LogP contribution in [0, 0.1) is 17.1 Å². The van der Waals surface area contributed by atoms with Gasteiger partial charge in [-0.25, -0.2) is 19.3 Å². The lowest BCUT2D eigenvalue weighted by molar-refractivity contribution is 0.0792. The monoisotopic (exact) mass is 397 g/mol. The summed E-state index contributed by atoms with van der Waals surface area (Å²) in [5.41, 5.74) is 2.48. The zero-order valence-electron chi connectivity index (χ0n) is 15.8. The average Bonchev–Trinajstić information content (AvgIpc) is 3.38. The van der Waals surface area contributed by atoms with E-state index >= 15 is 0 Å². The Hall–Kier alpha value is -3.89. The van der Waals surface area contributed by atoms with Crippen LogP contribution in [-0.2, 0) is 5.60 Å². The summed E-state index contributed by atoms with van der Waals surface area (Å²) in [7, 11) is 0.